The first kappa shape index (κ1) is 20.2. The van der Waals surface area contributed by atoms with Crippen molar-refractivity contribution in [2.75, 3.05) is 11.4 Å². The molecular formula is C21H23FN2O3S. The summed E-state index contributed by atoms with van der Waals surface area (Å²) < 4.78 is 40.5. The van der Waals surface area contributed by atoms with E-state index in [0.29, 0.717) is 19.4 Å². The minimum atomic E-state index is -3.71. The van der Waals surface area contributed by atoms with Crippen molar-refractivity contribution in [2.24, 2.45) is 0 Å². The molecule has 7 heteroatoms. The lowest BCUT2D eigenvalue weighted by Gasteiger charge is -2.29. The van der Waals surface area contributed by atoms with Gasteiger partial charge in [-0.05, 0) is 42.2 Å². The van der Waals surface area contributed by atoms with Crippen LogP contribution in [0.5, 0.6) is 0 Å². The zero-order valence-electron chi connectivity index (χ0n) is 15.7. The zero-order valence-corrected chi connectivity index (χ0v) is 16.5. The number of carbonyl (C=O) groups is 1. The van der Waals surface area contributed by atoms with Gasteiger partial charge in [-0.25, -0.2) is 17.5 Å². The van der Waals surface area contributed by atoms with E-state index in [0.717, 1.165) is 28.6 Å². The molecule has 0 atom stereocenters. The molecule has 0 radical (unpaired) electrons. The number of fused-ring (bicyclic) bond motifs is 1. The van der Waals surface area contributed by atoms with Crippen LogP contribution >= 0.6 is 0 Å². The van der Waals surface area contributed by atoms with Gasteiger partial charge in [0.1, 0.15) is 5.82 Å². The van der Waals surface area contributed by atoms with E-state index in [-0.39, 0.29) is 18.0 Å². The summed E-state index contributed by atoms with van der Waals surface area (Å²) in [5, 5.41) is 0.964. The van der Waals surface area contributed by atoms with E-state index in [2.05, 4.69) is 4.72 Å². The molecule has 0 spiro atoms. The third kappa shape index (κ3) is 4.85. The Morgan fingerprint density at radius 2 is 1.96 bits per heavy atom. The van der Waals surface area contributed by atoms with Gasteiger partial charge >= 0.3 is 0 Å². The fraction of sp³-hybridized carbons (Fsp3) is 0.286. The van der Waals surface area contributed by atoms with Crippen LogP contribution in [-0.2, 0) is 27.8 Å². The van der Waals surface area contributed by atoms with Crippen molar-refractivity contribution in [1.29, 1.82) is 0 Å². The van der Waals surface area contributed by atoms with Crippen LogP contribution in [0.1, 0.15) is 36.5 Å². The highest BCUT2D eigenvalue weighted by atomic mass is 32.2. The second kappa shape index (κ2) is 8.67. The lowest BCUT2D eigenvalue weighted by atomic mass is 9.98. The Balaban J connectivity index is 1.69. The maximum absolute atomic E-state index is 13.6. The van der Waals surface area contributed by atoms with Crippen LogP contribution in [0.25, 0.3) is 6.08 Å². The lowest BCUT2D eigenvalue weighted by molar-refractivity contribution is -0.118. The first-order valence-corrected chi connectivity index (χ1v) is 10.8. The maximum Gasteiger partial charge on any atom is 0.234 e. The van der Waals surface area contributed by atoms with Crippen molar-refractivity contribution < 1.29 is 17.6 Å². The molecule has 1 aliphatic rings. The molecule has 2 aromatic rings. The number of sulfonamides is 1. The van der Waals surface area contributed by atoms with Crippen molar-refractivity contribution in [3.05, 3.63) is 70.4 Å². The number of carbonyl (C=O) groups excluding carboxylic acids is 1. The number of hydrogen-bond acceptors (Lipinski definition) is 3. The number of halogens is 1. The molecule has 0 aromatic heterocycles. The standard InChI is InChI=1S/C21H23FN2O3S/c1-2-12-24-20-9-7-16(14-18(20)8-10-21(24)25)15-23-28(26,27)13-11-17-5-3-4-6-19(17)22/h3-7,9,11,13-14,23H,2,8,10,12,15H2,1H3. The van der Waals surface area contributed by atoms with Crippen LogP contribution in [-0.4, -0.2) is 20.9 Å². The first-order valence-electron chi connectivity index (χ1n) is 9.24. The van der Waals surface area contributed by atoms with Gasteiger partial charge in [0.2, 0.25) is 15.9 Å². The first-order chi connectivity index (χ1) is 13.4. The van der Waals surface area contributed by atoms with E-state index in [1.165, 1.54) is 18.2 Å². The average molecular weight is 402 g/mol. The highest BCUT2D eigenvalue weighted by Gasteiger charge is 2.23. The lowest BCUT2D eigenvalue weighted by Crippen LogP contribution is -2.35. The molecule has 0 unspecified atom stereocenters. The molecule has 1 N–H and O–H groups in total. The molecule has 1 aliphatic heterocycles. The highest BCUT2D eigenvalue weighted by Crippen LogP contribution is 2.29. The van der Waals surface area contributed by atoms with Gasteiger partial charge in [0.15, 0.2) is 0 Å². The number of amides is 1. The monoisotopic (exact) mass is 402 g/mol. The van der Waals surface area contributed by atoms with E-state index in [1.807, 2.05) is 25.1 Å². The molecular weight excluding hydrogens is 379 g/mol. The molecule has 0 aliphatic carbocycles. The summed E-state index contributed by atoms with van der Waals surface area (Å²) in [7, 11) is -3.71. The van der Waals surface area contributed by atoms with Crippen molar-refractivity contribution in [3.8, 4) is 0 Å². The molecule has 0 saturated carbocycles. The second-order valence-electron chi connectivity index (χ2n) is 6.70. The van der Waals surface area contributed by atoms with E-state index in [4.69, 9.17) is 0 Å². The fourth-order valence-corrected chi connectivity index (χ4v) is 3.99. The number of hydrogen-bond donors (Lipinski definition) is 1. The van der Waals surface area contributed by atoms with Gasteiger partial charge in [0.25, 0.3) is 0 Å². The minimum Gasteiger partial charge on any atom is -0.312 e. The summed E-state index contributed by atoms with van der Waals surface area (Å²) in [4.78, 5) is 13.9. The van der Waals surface area contributed by atoms with E-state index in [1.54, 1.807) is 17.0 Å². The Hall–Kier alpha value is -2.51. The fourth-order valence-electron chi connectivity index (χ4n) is 3.20. The molecule has 0 saturated heterocycles. The Morgan fingerprint density at radius 3 is 2.71 bits per heavy atom. The quantitative estimate of drug-likeness (QED) is 0.769. The molecule has 148 valence electrons. The Kier molecular flexibility index (Phi) is 6.26. The van der Waals surface area contributed by atoms with Gasteiger partial charge in [-0.1, -0.05) is 37.3 Å². The Morgan fingerprint density at radius 1 is 1.18 bits per heavy atom. The molecule has 0 bridgehead atoms. The third-order valence-electron chi connectivity index (χ3n) is 4.60. The summed E-state index contributed by atoms with van der Waals surface area (Å²) in [6.45, 7) is 2.83. The summed E-state index contributed by atoms with van der Waals surface area (Å²) >= 11 is 0. The van der Waals surface area contributed by atoms with Gasteiger partial charge < -0.3 is 4.90 Å². The van der Waals surface area contributed by atoms with Crippen LogP contribution < -0.4 is 9.62 Å². The molecule has 1 heterocycles. The zero-order chi connectivity index (χ0) is 20.1. The van der Waals surface area contributed by atoms with Crippen molar-refractivity contribution in [1.82, 2.24) is 4.72 Å². The highest BCUT2D eigenvalue weighted by molar-refractivity contribution is 7.92. The van der Waals surface area contributed by atoms with Gasteiger partial charge in [0.05, 0.1) is 0 Å². The second-order valence-corrected chi connectivity index (χ2v) is 8.35. The van der Waals surface area contributed by atoms with Crippen LogP contribution in [0.2, 0.25) is 0 Å². The smallest absolute Gasteiger partial charge is 0.234 e. The van der Waals surface area contributed by atoms with Gasteiger partial charge in [0, 0.05) is 36.2 Å². The molecule has 1 amide bonds. The van der Waals surface area contributed by atoms with Crippen LogP contribution in [0.15, 0.2) is 47.9 Å². The molecule has 3 rings (SSSR count). The summed E-state index contributed by atoms with van der Waals surface area (Å²) in [5.41, 5.74) is 2.98. The van der Waals surface area contributed by atoms with Crippen LogP contribution in [0, 0.1) is 5.82 Å². The van der Waals surface area contributed by atoms with Crippen molar-refractivity contribution in [2.45, 2.75) is 32.7 Å². The SMILES string of the molecule is CCCN1C(=O)CCc2cc(CNS(=O)(=O)C=Cc3ccccc3F)ccc21. The predicted octanol–water partition coefficient (Wildman–Crippen LogP) is 3.61. The number of anilines is 1. The van der Waals surface area contributed by atoms with E-state index < -0.39 is 15.8 Å². The minimum absolute atomic E-state index is 0.124. The van der Waals surface area contributed by atoms with Crippen LogP contribution in [0.4, 0.5) is 10.1 Å². The number of benzene rings is 2. The van der Waals surface area contributed by atoms with Gasteiger partial charge in [-0.15, -0.1) is 0 Å². The topological polar surface area (TPSA) is 66.5 Å². The third-order valence-corrected chi connectivity index (χ3v) is 5.64. The number of nitrogens with zero attached hydrogens (tertiary/aromatic N) is 1. The number of nitrogens with one attached hydrogen (secondary N) is 1. The van der Waals surface area contributed by atoms with Crippen LogP contribution in [0.3, 0.4) is 0 Å². The Bertz CT molecular complexity index is 1000. The number of rotatable bonds is 7. The maximum atomic E-state index is 13.6. The van der Waals surface area contributed by atoms with E-state index in [9.17, 15) is 17.6 Å². The largest absolute Gasteiger partial charge is 0.312 e. The summed E-state index contributed by atoms with van der Waals surface area (Å²) in [6, 6.07) is 11.6. The normalized spacial score (nSPS) is 14.5. The molecule has 5 nitrogen and oxygen atoms in total. The van der Waals surface area contributed by atoms with Gasteiger partial charge in [-0.3, -0.25) is 4.79 Å². The van der Waals surface area contributed by atoms with E-state index >= 15 is 0 Å². The summed E-state index contributed by atoms with van der Waals surface area (Å²) in [6.07, 6.45) is 3.23. The Labute approximate surface area is 164 Å². The number of aryl methyl sites for hydroxylation is 1. The van der Waals surface area contributed by atoms with Gasteiger partial charge in [-0.2, -0.15) is 0 Å². The predicted molar refractivity (Wildman–Crippen MR) is 109 cm³/mol. The van der Waals surface area contributed by atoms with Crippen molar-refractivity contribution >= 4 is 27.7 Å². The molecule has 0 fully saturated rings. The average Bonchev–Trinajstić information content (AvgIpc) is 2.68. The molecule has 2 aromatic carbocycles. The molecule has 28 heavy (non-hydrogen) atoms. The van der Waals surface area contributed by atoms with Crippen molar-refractivity contribution in [3.63, 3.8) is 0 Å². The summed E-state index contributed by atoms with van der Waals surface area (Å²) in [5.74, 6) is -0.351.